The standard InChI is InChI=1S/C31H40N4O6SSi/c1-31(2,3)25-19-22(13-16-29(36)32-17-10-18-43(6,40-4)41-5)20-28(30(25)37)35-33-26-15-14-24(21-27(26)34-35)42(38,39)23-11-8-7-9-12-23/h7-9,11-12,14-15,19-21,37H,10,13,16-18H2,1-6H3,(H,32,36). The van der Waals surface area contributed by atoms with Crippen molar-refractivity contribution in [1.29, 1.82) is 0 Å². The van der Waals surface area contributed by atoms with E-state index in [0.29, 0.717) is 35.2 Å². The Morgan fingerprint density at radius 3 is 2.30 bits per heavy atom. The van der Waals surface area contributed by atoms with Gasteiger partial charge in [-0.05, 0) is 72.8 Å². The number of fused-ring (bicyclic) bond motifs is 1. The molecule has 0 aliphatic rings. The van der Waals surface area contributed by atoms with Crippen LogP contribution in [0.5, 0.6) is 5.75 Å². The third kappa shape index (κ3) is 7.50. The summed E-state index contributed by atoms with van der Waals surface area (Å²) in [5.41, 5.74) is 2.35. The number of rotatable bonds is 12. The zero-order valence-corrected chi connectivity index (χ0v) is 27.4. The van der Waals surface area contributed by atoms with Crippen LogP contribution < -0.4 is 5.32 Å². The van der Waals surface area contributed by atoms with Gasteiger partial charge in [-0.2, -0.15) is 0 Å². The third-order valence-electron chi connectivity index (χ3n) is 7.52. The Kier molecular flexibility index (Phi) is 9.75. The van der Waals surface area contributed by atoms with Gasteiger partial charge in [0.05, 0.1) is 9.79 Å². The molecule has 0 spiro atoms. The van der Waals surface area contributed by atoms with Gasteiger partial charge >= 0.3 is 8.56 Å². The molecule has 4 aromatic rings. The summed E-state index contributed by atoms with van der Waals surface area (Å²) in [6, 6.07) is 17.3. The fourth-order valence-electron chi connectivity index (χ4n) is 4.72. The number of nitrogens with one attached hydrogen (secondary N) is 1. The molecule has 0 saturated heterocycles. The average molecular weight is 625 g/mol. The van der Waals surface area contributed by atoms with Crippen molar-refractivity contribution >= 4 is 35.3 Å². The second kappa shape index (κ2) is 13.0. The number of phenolic OH excluding ortho intramolecular Hbond substituents is 1. The van der Waals surface area contributed by atoms with Crippen molar-refractivity contribution < 1.29 is 27.2 Å². The summed E-state index contributed by atoms with van der Waals surface area (Å²) in [6.45, 7) is 8.51. The van der Waals surface area contributed by atoms with Gasteiger partial charge in [0, 0.05) is 32.7 Å². The van der Waals surface area contributed by atoms with Gasteiger partial charge in [-0.1, -0.05) is 45.0 Å². The summed E-state index contributed by atoms with van der Waals surface area (Å²) in [5.74, 6) is -0.0399. The first-order chi connectivity index (χ1) is 20.3. The lowest BCUT2D eigenvalue weighted by atomic mass is 9.84. The number of nitrogens with zero attached hydrogens (tertiary/aromatic N) is 3. The molecule has 0 radical (unpaired) electrons. The van der Waals surface area contributed by atoms with Crippen LogP contribution in [0.25, 0.3) is 16.7 Å². The molecule has 0 fully saturated rings. The highest BCUT2D eigenvalue weighted by Gasteiger charge is 2.28. The average Bonchev–Trinajstić information content (AvgIpc) is 3.42. The molecule has 2 N–H and O–H groups in total. The predicted octanol–water partition coefficient (Wildman–Crippen LogP) is 5.06. The molecular weight excluding hydrogens is 585 g/mol. The molecule has 230 valence electrons. The summed E-state index contributed by atoms with van der Waals surface area (Å²) in [5, 5.41) is 23.3. The fourth-order valence-corrected chi connectivity index (χ4v) is 7.42. The lowest BCUT2D eigenvalue weighted by Crippen LogP contribution is -2.37. The number of aromatic hydroxyl groups is 1. The molecule has 10 nitrogen and oxygen atoms in total. The van der Waals surface area contributed by atoms with Crippen molar-refractivity contribution in [1.82, 2.24) is 20.3 Å². The molecule has 0 unspecified atom stereocenters. The van der Waals surface area contributed by atoms with E-state index in [4.69, 9.17) is 8.85 Å². The van der Waals surface area contributed by atoms with E-state index in [2.05, 4.69) is 15.5 Å². The molecule has 1 heterocycles. The number of aromatic nitrogens is 3. The fraction of sp³-hybridized carbons (Fsp3) is 0.387. The molecule has 1 aromatic heterocycles. The number of phenols is 1. The number of amides is 1. The van der Waals surface area contributed by atoms with E-state index in [1.165, 1.54) is 16.9 Å². The van der Waals surface area contributed by atoms with Gasteiger partial charge in [-0.25, -0.2) is 8.42 Å². The normalized spacial score (nSPS) is 12.5. The molecule has 0 saturated carbocycles. The van der Waals surface area contributed by atoms with Crippen molar-refractivity contribution in [3.8, 4) is 11.4 Å². The van der Waals surface area contributed by atoms with Crippen LogP contribution >= 0.6 is 0 Å². The second-order valence-corrected chi connectivity index (χ2v) is 17.2. The third-order valence-corrected chi connectivity index (χ3v) is 12.3. The van der Waals surface area contributed by atoms with E-state index in [9.17, 15) is 18.3 Å². The molecule has 0 aliphatic heterocycles. The first-order valence-electron chi connectivity index (χ1n) is 14.2. The summed E-state index contributed by atoms with van der Waals surface area (Å²) < 4.78 is 37.3. The lowest BCUT2D eigenvalue weighted by molar-refractivity contribution is -0.121. The molecule has 43 heavy (non-hydrogen) atoms. The van der Waals surface area contributed by atoms with Crippen LogP contribution in [0.2, 0.25) is 12.6 Å². The molecule has 12 heteroatoms. The van der Waals surface area contributed by atoms with E-state index in [1.54, 1.807) is 56.7 Å². The van der Waals surface area contributed by atoms with Crippen molar-refractivity contribution in [3.05, 3.63) is 71.8 Å². The summed E-state index contributed by atoms with van der Waals surface area (Å²) in [7, 11) is -2.60. The van der Waals surface area contributed by atoms with E-state index < -0.39 is 23.8 Å². The van der Waals surface area contributed by atoms with Crippen LogP contribution in [-0.4, -0.2) is 63.8 Å². The summed E-state index contributed by atoms with van der Waals surface area (Å²) in [4.78, 5) is 14.2. The Morgan fingerprint density at radius 2 is 1.65 bits per heavy atom. The van der Waals surface area contributed by atoms with Crippen LogP contribution in [0.15, 0.2) is 70.5 Å². The summed E-state index contributed by atoms with van der Waals surface area (Å²) >= 11 is 0. The highest BCUT2D eigenvalue weighted by molar-refractivity contribution is 7.91. The maximum atomic E-state index is 13.2. The van der Waals surface area contributed by atoms with Crippen LogP contribution in [0.4, 0.5) is 0 Å². The highest BCUT2D eigenvalue weighted by Crippen LogP contribution is 2.37. The Labute approximate surface area is 254 Å². The zero-order chi connectivity index (χ0) is 31.4. The zero-order valence-electron chi connectivity index (χ0n) is 25.5. The molecule has 0 atom stereocenters. The maximum absolute atomic E-state index is 13.2. The summed E-state index contributed by atoms with van der Waals surface area (Å²) in [6.07, 6.45) is 1.48. The molecule has 0 bridgehead atoms. The predicted molar refractivity (Wildman–Crippen MR) is 168 cm³/mol. The van der Waals surface area contributed by atoms with Gasteiger partial charge in [-0.15, -0.1) is 15.0 Å². The molecule has 1 amide bonds. The number of carbonyl (C=O) groups is 1. The Bertz CT molecular complexity index is 1700. The van der Waals surface area contributed by atoms with E-state index in [0.717, 1.165) is 18.0 Å². The van der Waals surface area contributed by atoms with Crippen LogP contribution in [0.3, 0.4) is 0 Å². The Hall–Kier alpha value is -3.58. The number of carbonyl (C=O) groups excluding carboxylic acids is 1. The van der Waals surface area contributed by atoms with Crippen LogP contribution in [0.1, 0.15) is 44.7 Å². The topological polar surface area (TPSA) is 133 Å². The minimum atomic E-state index is -3.74. The van der Waals surface area contributed by atoms with Crippen LogP contribution in [0, 0.1) is 0 Å². The molecular formula is C31H40N4O6SSi. The van der Waals surface area contributed by atoms with E-state index >= 15 is 0 Å². The Morgan fingerprint density at radius 1 is 0.977 bits per heavy atom. The first kappa shape index (κ1) is 32.3. The van der Waals surface area contributed by atoms with Gasteiger partial charge in [0.1, 0.15) is 22.5 Å². The second-order valence-electron chi connectivity index (χ2n) is 11.7. The van der Waals surface area contributed by atoms with Gasteiger partial charge in [0.25, 0.3) is 0 Å². The van der Waals surface area contributed by atoms with Crippen LogP contribution in [-0.2, 0) is 35.3 Å². The van der Waals surface area contributed by atoms with Crippen molar-refractivity contribution in [2.45, 2.75) is 67.8 Å². The molecule has 3 aromatic carbocycles. The van der Waals surface area contributed by atoms with Crippen molar-refractivity contribution in [3.63, 3.8) is 0 Å². The maximum Gasteiger partial charge on any atom is 0.334 e. The van der Waals surface area contributed by atoms with Gasteiger partial charge in [0.2, 0.25) is 15.7 Å². The minimum absolute atomic E-state index is 0.0293. The van der Waals surface area contributed by atoms with Gasteiger partial charge < -0.3 is 19.3 Å². The van der Waals surface area contributed by atoms with Gasteiger partial charge in [0.15, 0.2) is 0 Å². The molecule has 4 rings (SSSR count). The first-order valence-corrected chi connectivity index (χ1v) is 18.2. The highest BCUT2D eigenvalue weighted by atomic mass is 32.2. The quantitative estimate of drug-likeness (QED) is 0.165. The monoisotopic (exact) mass is 624 g/mol. The number of hydrogen-bond donors (Lipinski definition) is 2. The minimum Gasteiger partial charge on any atom is -0.505 e. The largest absolute Gasteiger partial charge is 0.505 e. The van der Waals surface area contributed by atoms with Crippen molar-refractivity contribution in [2.24, 2.45) is 0 Å². The SMILES string of the molecule is CO[Si](C)(CCCNC(=O)CCc1cc(-n2nc3ccc(S(=O)(=O)c4ccccc4)cc3n2)c(O)c(C(C)(C)C)c1)OC. The molecule has 0 aliphatic carbocycles. The Balaban J connectivity index is 1.57. The van der Waals surface area contributed by atoms with E-state index in [-0.39, 0.29) is 27.9 Å². The number of aryl methyl sites for hydroxylation is 1. The smallest absolute Gasteiger partial charge is 0.334 e. The van der Waals surface area contributed by atoms with Gasteiger partial charge in [-0.3, -0.25) is 4.79 Å². The number of hydrogen-bond acceptors (Lipinski definition) is 8. The van der Waals surface area contributed by atoms with Crippen molar-refractivity contribution in [2.75, 3.05) is 20.8 Å². The van der Waals surface area contributed by atoms with E-state index in [1.807, 2.05) is 33.4 Å². The number of sulfone groups is 1. The lowest BCUT2D eigenvalue weighted by Gasteiger charge is -2.23. The number of benzene rings is 3.